The number of aromatic nitrogens is 1. The molecule has 0 aliphatic rings. The Labute approximate surface area is 75.4 Å². The Morgan fingerprint density at radius 3 is 2.64 bits per heavy atom. The van der Waals surface area contributed by atoms with Gasteiger partial charge in [0.25, 0.3) is 0 Å². The second-order valence-corrected chi connectivity index (χ2v) is 4.34. The van der Waals surface area contributed by atoms with E-state index in [9.17, 15) is 0 Å². The summed E-state index contributed by atoms with van der Waals surface area (Å²) in [7, 11) is 0. The van der Waals surface area contributed by atoms with Crippen LogP contribution in [0.3, 0.4) is 0 Å². The van der Waals surface area contributed by atoms with Crippen LogP contribution in [-0.4, -0.2) is 4.98 Å². The van der Waals surface area contributed by atoms with E-state index in [0.717, 1.165) is 11.3 Å². The van der Waals surface area contributed by atoms with Crippen LogP contribution in [0.4, 0.5) is 5.13 Å². The first-order valence-corrected chi connectivity index (χ1v) is 4.69. The van der Waals surface area contributed by atoms with Crippen molar-refractivity contribution in [3.63, 3.8) is 0 Å². The van der Waals surface area contributed by atoms with E-state index in [-0.39, 0.29) is 0 Å². The van der Waals surface area contributed by atoms with Crippen molar-refractivity contribution in [1.29, 1.82) is 0 Å². The minimum atomic E-state index is 0.561. The molecule has 0 atom stereocenters. The molecular formula is C7H11ClN2S. The van der Waals surface area contributed by atoms with Gasteiger partial charge in [-0.25, -0.2) is 4.98 Å². The smallest absolute Gasteiger partial charge is 0.181 e. The first-order chi connectivity index (χ1) is 5.09. The lowest BCUT2D eigenvalue weighted by Gasteiger charge is -1.99. The number of nitrogens with two attached hydrogens (primary N) is 1. The van der Waals surface area contributed by atoms with E-state index in [1.807, 2.05) is 0 Å². The van der Waals surface area contributed by atoms with Crippen molar-refractivity contribution in [3.05, 3.63) is 10.0 Å². The SMILES string of the molecule is CC(C)Cc1sc(N)nc1Cl. The Bertz CT molecular complexity index is 245. The number of hydrogen-bond acceptors (Lipinski definition) is 3. The molecule has 1 aromatic rings. The Morgan fingerprint density at radius 2 is 2.27 bits per heavy atom. The van der Waals surface area contributed by atoms with Crippen LogP contribution in [0.25, 0.3) is 0 Å². The summed E-state index contributed by atoms with van der Waals surface area (Å²) < 4.78 is 0. The van der Waals surface area contributed by atoms with Gasteiger partial charge in [0.15, 0.2) is 5.13 Å². The highest BCUT2D eigenvalue weighted by Crippen LogP contribution is 2.26. The molecule has 0 unspecified atom stereocenters. The molecule has 0 radical (unpaired) electrons. The quantitative estimate of drug-likeness (QED) is 0.779. The van der Waals surface area contributed by atoms with E-state index in [1.165, 1.54) is 11.3 Å². The number of thiazole rings is 1. The average molecular weight is 191 g/mol. The highest BCUT2D eigenvalue weighted by atomic mass is 35.5. The third-order valence-corrected chi connectivity index (χ3v) is 2.59. The molecule has 0 spiro atoms. The first kappa shape index (κ1) is 8.81. The maximum absolute atomic E-state index is 5.81. The van der Waals surface area contributed by atoms with Gasteiger partial charge < -0.3 is 5.73 Å². The van der Waals surface area contributed by atoms with E-state index >= 15 is 0 Å². The summed E-state index contributed by atoms with van der Waals surface area (Å²) in [4.78, 5) is 5.02. The van der Waals surface area contributed by atoms with Crippen molar-refractivity contribution in [2.45, 2.75) is 20.3 Å². The third-order valence-electron chi connectivity index (χ3n) is 1.26. The van der Waals surface area contributed by atoms with Gasteiger partial charge in [-0.15, -0.1) is 11.3 Å². The van der Waals surface area contributed by atoms with Crippen molar-refractivity contribution >= 4 is 28.1 Å². The molecule has 2 N–H and O–H groups in total. The van der Waals surface area contributed by atoms with E-state index in [2.05, 4.69) is 18.8 Å². The monoisotopic (exact) mass is 190 g/mol. The van der Waals surface area contributed by atoms with Gasteiger partial charge in [-0.1, -0.05) is 25.4 Å². The van der Waals surface area contributed by atoms with Gasteiger partial charge in [0.05, 0.1) is 0 Å². The fourth-order valence-corrected chi connectivity index (χ4v) is 2.12. The fraction of sp³-hybridized carbons (Fsp3) is 0.571. The Hall–Kier alpha value is -0.280. The molecule has 0 aliphatic carbocycles. The molecule has 0 aromatic carbocycles. The van der Waals surface area contributed by atoms with Gasteiger partial charge in [0.1, 0.15) is 5.15 Å². The number of anilines is 1. The van der Waals surface area contributed by atoms with Gasteiger partial charge in [-0.05, 0) is 12.3 Å². The van der Waals surface area contributed by atoms with Crippen molar-refractivity contribution in [2.24, 2.45) is 5.92 Å². The Kier molecular flexibility index (Phi) is 2.73. The van der Waals surface area contributed by atoms with Gasteiger partial charge in [0, 0.05) is 4.88 Å². The van der Waals surface area contributed by atoms with Crippen LogP contribution in [0.2, 0.25) is 5.15 Å². The molecule has 0 aliphatic heterocycles. The molecule has 11 heavy (non-hydrogen) atoms. The van der Waals surface area contributed by atoms with E-state index < -0.39 is 0 Å². The first-order valence-electron chi connectivity index (χ1n) is 3.50. The predicted octanol–water partition coefficient (Wildman–Crippen LogP) is 2.58. The molecule has 62 valence electrons. The molecule has 0 fully saturated rings. The van der Waals surface area contributed by atoms with Crippen LogP contribution in [0.15, 0.2) is 0 Å². The van der Waals surface area contributed by atoms with Crippen molar-refractivity contribution in [3.8, 4) is 0 Å². The minimum absolute atomic E-state index is 0.561. The Morgan fingerprint density at radius 1 is 1.64 bits per heavy atom. The maximum atomic E-state index is 5.81. The lowest BCUT2D eigenvalue weighted by atomic mass is 10.1. The molecule has 1 rings (SSSR count). The average Bonchev–Trinajstić information content (AvgIpc) is 2.09. The van der Waals surface area contributed by atoms with Gasteiger partial charge in [-0.3, -0.25) is 0 Å². The zero-order chi connectivity index (χ0) is 8.43. The second-order valence-electron chi connectivity index (χ2n) is 2.86. The van der Waals surface area contributed by atoms with Crippen LogP contribution in [-0.2, 0) is 6.42 Å². The van der Waals surface area contributed by atoms with E-state index in [0.29, 0.717) is 16.2 Å². The van der Waals surface area contributed by atoms with Crippen LogP contribution in [0.1, 0.15) is 18.7 Å². The summed E-state index contributed by atoms with van der Waals surface area (Å²) in [5, 5.41) is 1.13. The summed E-state index contributed by atoms with van der Waals surface area (Å²) in [5.41, 5.74) is 5.48. The zero-order valence-electron chi connectivity index (χ0n) is 6.60. The lowest BCUT2D eigenvalue weighted by Crippen LogP contribution is -1.90. The molecule has 1 heterocycles. The van der Waals surface area contributed by atoms with Crippen molar-refractivity contribution in [2.75, 3.05) is 5.73 Å². The largest absolute Gasteiger partial charge is 0.375 e. The number of hydrogen-bond donors (Lipinski definition) is 1. The van der Waals surface area contributed by atoms with Crippen molar-refractivity contribution in [1.82, 2.24) is 4.98 Å². The van der Waals surface area contributed by atoms with Crippen LogP contribution < -0.4 is 5.73 Å². The topological polar surface area (TPSA) is 38.9 Å². The Balaban J connectivity index is 2.77. The zero-order valence-corrected chi connectivity index (χ0v) is 8.17. The van der Waals surface area contributed by atoms with Crippen molar-refractivity contribution < 1.29 is 0 Å². The second kappa shape index (κ2) is 3.41. The molecule has 1 aromatic heterocycles. The van der Waals surface area contributed by atoms with Crippen LogP contribution >= 0.6 is 22.9 Å². The molecular weight excluding hydrogens is 180 g/mol. The highest BCUT2D eigenvalue weighted by molar-refractivity contribution is 7.15. The molecule has 2 nitrogen and oxygen atoms in total. The normalized spacial score (nSPS) is 10.9. The number of nitrogens with zero attached hydrogens (tertiary/aromatic N) is 1. The molecule has 4 heteroatoms. The number of nitrogen functional groups attached to an aromatic ring is 1. The van der Waals surface area contributed by atoms with Crippen LogP contribution in [0.5, 0.6) is 0 Å². The maximum Gasteiger partial charge on any atom is 0.181 e. The number of rotatable bonds is 2. The summed E-state index contributed by atoms with van der Waals surface area (Å²) in [6, 6.07) is 0. The standard InChI is InChI=1S/C7H11ClN2S/c1-4(2)3-5-6(8)10-7(9)11-5/h4H,3H2,1-2H3,(H2,9,10). The van der Waals surface area contributed by atoms with Gasteiger partial charge in [-0.2, -0.15) is 0 Å². The molecule has 0 saturated carbocycles. The highest BCUT2D eigenvalue weighted by Gasteiger charge is 2.07. The number of halogens is 1. The van der Waals surface area contributed by atoms with Gasteiger partial charge in [0.2, 0.25) is 0 Å². The molecule has 0 amide bonds. The van der Waals surface area contributed by atoms with Gasteiger partial charge >= 0.3 is 0 Å². The predicted molar refractivity (Wildman–Crippen MR) is 50.1 cm³/mol. The van der Waals surface area contributed by atoms with E-state index in [4.69, 9.17) is 17.3 Å². The fourth-order valence-electron chi connectivity index (χ4n) is 0.847. The molecule has 0 saturated heterocycles. The lowest BCUT2D eigenvalue weighted by molar-refractivity contribution is 0.653. The summed E-state index contributed by atoms with van der Waals surface area (Å²) in [6.45, 7) is 4.29. The summed E-state index contributed by atoms with van der Waals surface area (Å²) in [5.74, 6) is 0.604. The summed E-state index contributed by atoms with van der Waals surface area (Å²) >= 11 is 7.29. The third kappa shape index (κ3) is 2.34. The summed E-state index contributed by atoms with van der Waals surface area (Å²) in [6.07, 6.45) is 0.966. The van der Waals surface area contributed by atoms with E-state index in [1.54, 1.807) is 0 Å². The molecule has 0 bridgehead atoms. The van der Waals surface area contributed by atoms with Crippen LogP contribution in [0, 0.1) is 5.92 Å². The minimum Gasteiger partial charge on any atom is -0.375 e.